The highest BCUT2D eigenvalue weighted by atomic mass is 32.2. The second-order valence-electron chi connectivity index (χ2n) is 5.15. The third-order valence-corrected chi connectivity index (χ3v) is 4.31. The van der Waals surface area contributed by atoms with E-state index in [4.69, 9.17) is 0 Å². The van der Waals surface area contributed by atoms with Crippen molar-refractivity contribution in [2.45, 2.75) is 19.1 Å². The first-order valence-electron chi connectivity index (χ1n) is 7.36. The number of nitrogens with one attached hydrogen (secondary N) is 1. The predicted molar refractivity (Wildman–Crippen MR) is 97.2 cm³/mol. The maximum Gasteiger partial charge on any atom is 0.237 e. The number of carbonyl (C=O) groups is 1. The molecule has 3 heteroatoms. The quantitative estimate of drug-likeness (QED) is 0.832. The van der Waals surface area contributed by atoms with Crippen LogP contribution in [0.3, 0.4) is 0 Å². The van der Waals surface area contributed by atoms with E-state index >= 15 is 0 Å². The fourth-order valence-electron chi connectivity index (χ4n) is 1.99. The van der Waals surface area contributed by atoms with Crippen LogP contribution < -0.4 is 5.32 Å². The Hall–Kier alpha value is -2.00. The van der Waals surface area contributed by atoms with Crippen LogP contribution >= 0.6 is 11.8 Å². The van der Waals surface area contributed by atoms with E-state index < -0.39 is 0 Å². The minimum Gasteiger partial charge on any atom is -0.325 e. The third kappa shape index (κ3) is 5.41. The number of anilines is 1. The van der Waals surface area contributed by atoms with E-state index in [1.54, 1.807) is 11.8 Å². The first-order valence-corrected chi connectivity index (χ1v) is 8.41. The lowest BCUT2D eigenvalue weighted by atomic mass is 10.2. The molecular weight excluding hydrogens is 290 g/mol. The van der Waals surface area contributed by atoms with Gasteiger partial charge >= 0.3 is 0 Å². The van der Waals surface area contributed by atoms with Gasteiger partial charge in [-0.2, -0.15) is 0 Å². The van der Waals surface area contributed by atoms with Gasteiger partial charge in [-0.15, -0.1) is 11.8 Å². The zero-order valence-corrected chi connectivity index (χ0v) is 13.8. The lowest BCUT2D eigenvalue weighted by molar-refractivity contribution is -0.115. The molecule has 0 bridgehead atoms. The largest absolute Gasteiger partial charge is 0.325 e. The van der Waals surface area contributed by atoms with Crippen LogP contribution in [0.5, 0.6) is 0 Å². The van der Waals surface area contributed by atoms with Crippen LogP contribution in [0.4, 0.5) is 5.69 Å². The second kappa shape index (κ2) is 8.44. The zero-order chi connectivity index (χ0) is 15.8. The molecule has 2 aromatic rings. The molecule has 0 saturated heterocycles. The van der Waals surface area contributed by atoms with Crippen LogP contribution in [-0.2, 0) is 4.79 Å². The van der Waals surface area contributed by atoms with Gasteiger partial charge in [-0.25, -0.2) is 0 Å². The van der Waals surface area contributed by atoms with Crippen LogP contribution in [0.25, 0.3) is 6.08 Å². The van der Waals surface area contributed by atoms with Gasteiger partial charge in [0, 0.05) is 11.4 Å². The molecule has 2 aromatic carbocycles. The molecule has 0 aromatic heterocycles. The van der Waals surface area contributed by atoms with Crippen molar-refractivity contribution < 1.29 is 4.79 Å². The van der Waals surface area contributed by atoms with E-state index in [1.165, 1.54) is 5.56 Å². The summed E-state index contributed by atoms with van der Waals surface area (Å²) >= 11 is 1.63. The van der Waals surface area contributed by atoms with Gasteiger partial charge < -0.3 is 5.32 Å². The van der Waals surface area contributed by atoms with E-state index in [-0.39, 0.29) is 11.2 Å². The Morgan fingerprint density at radius 1 is 1.18 bits per heavy atom. The van der Waals surface area contributed by atoms with Crippen LogP contribution in [0.15, 0.2) is 60.7 Å². The summed E-state index contributed by atoms with van der Waals surface area (Å²) in [5.74, 6) is 0.862. The summed E-state index contributed by atoms with van der Waals surface area (Å²) in [6.45, 7) is 3.95. The monoisotopic (exact) mass is 311 g/mol. The Morgan fingerprint density at radius 3 is 2.68 bits per heavy atom. The summed E-state index contributed by atoms with van der Waals surface area (Å²) < 4.78 is 0. The Bertz CT molecular complexity index is 637. The maximum absolute atomic E-state index is 12.1. The summed E-state index contributed by atoms with van der Waals surface area (Å²) in [5.41, 5.74) is 3.18. The Balaban J connectivity index is 1.78. The second-order valence-corrected chi connectivity index (χ2v) is 6.52. The fourth-order valence-corrected chi connectivity index (χ4v) is 2.70. The summed E-state index contributed by atoms with van der Waals surface area (Å²) in [4.78, 5) is 12.1. The number of thioether (sulfide) groups is 1. The molecule has 2 nitrogen and oxygen atoms in total. The molecule has 0 heterocycles. The zero-order valence-electron chi connectivity index (χ0n) is 13.0. The van der Waals surface area contributed by atoms with Gasteiger partial charge in [0.2, 0.25) is 5.91 Å². The predicted octanol–water partition coefficient (Wildman–Crippen LogP) is 4.77. The van der Waals surface area contributed by atoms with Gasteiger partial charge in [-0.05, 0) is 37.1 Å². The van der Waals surface area contributed by atoms with E-state index in [9.17, 15) is 4.79 Å². The van der Waals surface area contributed by atoms with Crippen molar-refractivity contribution in [1.29, 1.82) is 0 Å². The van der Waals surface area contributed by atoms with Crippen molar-refractivity contribution in [1.82, 2.24) is 0 Å². The molecule has 0 spiro atoms. The van der Waals surface area contributed by atoms with Gasteiger partial charge in [0.1, 0.15) is 0 Å². The molecule has 22 heavy (non-hydrogen) atoms. The standard InChI is InChI=1S/C19H21NOS/c1-15-8-6-12-18(14-15)20-19(21)16(2)22-13-7-11-17-9-4-3-5-10-17/h3-12,14,16H,13H2,1-2H3,(H,20,21)/b11-7+. The summed E-state index contributed by atoms with van der Waals surface area (Å²) in [6.07, 6.45) is 4.18. The topological polar surface area (TPSA) is 29.1 Å². The minimum absolute atomic E-state index is 0.0451. The molecule has 2 rings (SSSR count). The van der Waals surface area contributed by atoms with Crippen molar-refractivity contribution in [2.75, 3.05) is 11.1 Å². The molecule has 0 saturated carbocycles. The lowest BCUT2D eigenvalue weighted by Crippen LogP contribution is -2.22. The third-order valence-electron chi connectivity index (χ3n) is 3.21. The normalized spacial score (nSPS) is 12.3. The van der Waals surface area contributed by atoms with Crippen LogP contribution in [0, 0.1) is 6.92 Å². The van der Waals surface area contributed by atoms with Crippen LogP contribution in [0.1, 0.15) is 18.1 Å². The van der Waals surface area contributed by atoms with Crippen molar-refractivity contribution in [2.24, 2.45) is 0 Å². The fraction of sp³-hybridized carbons (Fsp3) is 0.211. The molecule has 0 aliphatic carbocycles. The Labute approximate surface area is 136 Å². The first-order chi connectivity index (χ1) is 10.6. The van der Waals surface area contributed by atoms with Crippen molar-refractivity contribution >= 4 is 29.4 Å². The smallest absolute Gasteiger partial charge is 0.237 e. The van der Waals surface area contributed by atoms with Gasteiger partial charge in [-0.1, -0.05) is 54.6 Å². The lowest BCUT2D eigenvalue weighted by Gasteiger charge is -2.11. The molecule has 1 atom stereocenters. The molecule has 0 aliphatic rings. The molecule has 1 amide bonds. The minimum atomic E-state index is -0.0825. The van der Waals surface area contributed by atoms with Crippen LogP contribution in [0.2, 0.25) is 0 Å². The van der Waals surface area contributed by atoms with E-state index in [0.717, 1.165) is 17.0 Å². The average molecular weight is 311 g/mol. The van der Waals surface area contributed by atoms with Gasteiger partial charge in [0.25, 0.3) is 0 Å². The molecule has 0 fully saturated rings. The number of rotatable bonds is 6. The number of benzene rings is 2. The molecule has 1 N–H and O–H groups in total. The van der Waals surface area contributed by atoms with Gasteiger partial charge in [-0.3, -0.25) is 4.79 Å². The SMILES string of the molecule is Cc1cccc(NC(=O)C(C)SC/C=C/c2ccccc2)c1. The highest BCUT2D eigenvalue weighted by molar-refractivity contribution is 8.00. The van der Waals surface area contributed by atoms with E-state index in [2.05, 4.69) is 29.6 Å². The van der Waals surface area contributed by atoms with Crippen molar-refractivity contribution in [3.05, 3.63) is 71.8 Å². The van der Waals surface area contributed by atoms with Crippen molar-refractivity contribution in [3.63, 3.8) is 0 Å². The number of aryl methyl sites for hydroxylation is 1. The number of hydrogen-bond donors (Lipinski definition) is 1. The summed E-state index contributed by atoms with van der Waals surface area (Å²) in [6, 6.07) is 18.0. The molecular formula is C19H21NOS. The Morgan fingerprint density at radius 2 is 1.95 bits per heavy atom. The molecule has 0 aliphatic heterocycles. The highest BCUT2D eigenvalue weighted by Gasteiger charge is 2.12. The Kier molecular flexibility index (Phi) is 6.28. The molecule has 114 valence electrons. The first kappa shape index (κ1) is 16.4. The summed E-state index contributed by atoms with van der Waals surface area (Å²) in [7, 11) is 0. The van der Waals surface area contributed by atoms with E-state index in [1.807, 2.05) is 56.3 Å². The molecule has 1 unspecified atom stereocenters. The van der Waals surface area contributed by atoms with Crippen molar-refractivity contribution in [3.8, 4) is 0 Å². The van der Waals surface area contributed by atoms with E-state index in [0.29, 0.717) is 0 Å². The van der Waals surface area contributed by atoms with Crippen LogP contribution in [-0.4, -0.2) is 16.9 Å². The average Bonchev–Trinajstić information content (AvgIpc) is 2.52. The number of hydrogen-bond acceptors (Lipinski definition) is 2. The maximum atomic E-state index is 12.1. The van der Waals surface area contributed by atoms with Gasteiger partial charge in [0.15, 0.2) is 0 Å². The molecule has 0 radical (unpaired) electrons. The van der Waals surface area contributed by atoms with Gasteiger partial charge in [0.05, 0.1) is 5.25 Å². The highest BCUT2D eigenvalue weighted by Crippen LogP contribution is 2.15. The summed E-state index contributed by atoms with van der Waals surface area (Å²) in [5, 5.41) is 2.87. The number of carbonyl (C=O) groups excluding carboxylic acids is 1. The number of amides is 1.